The molecule has 0 aromatic rings. The van der Waals surface area contributed by atoms with Crippen molar-refractivity contribution in [1.29, 1.82) is 0 Å². The van der Waals surface area contributed by atoms with Gasteiger partial charge in [0.15, 0.2) is 0 Å². The van der Waals surface area contributed by atoms with Crippen molar-refractivity contribution >= 4 is 5.97 Å². The number of aliphatic hydroxyl groups is 3. The molecule has 1 aliphatic heterocycles. The predicted octanol–water partition coefficient (Wildman–Crippen LogP) is 2.47. The Bertz CT molecular complexity index is 355. The average Bonchev–Trinajstić information content (AvgIpc) is 2.50. The van der Waals surface area contributed by atoms with E-state index in [-0.39, 0.29) is 12.8 Å². The van der Waals surface area contributed by atoms with Crippen LogP contribution in [0, 0.1) is 0 Å². The van der Waals surface area contributed by atoms with Gasteiger partial charge in [0.1, 0.15) is 6.10 Å². The Hall–Kier alpha value is -0.910. The molecule has 23 heavy (non-hydrogen) atoms. The van der Waals surface area contributed by atoms with Gasteiger partial charge in [0.25, 0.3) is 0 Å². The van der Waals surface area contributed by atoms with Gasteiger partial charge in [0.05, 0.1) is 24.7 Å². The molecule has 5 nitrogen and oxygen atoms in total. The first-order valence-corrected chi connectivity index (χ1v) is 8.95. The van der Waals surface area contributed by atoms with Crippen LogP contribution in [0.25, 0.3) is 0 Å². The zero-order valence-corrected chi connectivity index (χ0v) is 14.2. The molecular formula is C18H32O5. The highest BCUT2D eigenvalue weighted by atomic mass is 16.5. The van der Waals surface area contributed by atoms with Gasteiger partial charge in [-0.15, -0.1) is 0 Å². The minimum atomic E-state index is -1.04. The first-order valence-electron chi connectivity index (χ1n) is 8.95. The van der Waals surface area contributed by atoms with Crippen molar-refractivity contribution in [3.8, 4) is 0 Å². The third-order valence-electron chi connectivity index (χ3n) is 4.23. The third kappa shape index (κ3) is 9.08. The number of esters is 1. The van der Waals surface area contributed by atoms with Crippen LogP contribution in [0.15, 0.2) is 12.2 Å². The number of hydrogen-bond acceptors (Lipinski definition) is 5. The maximum absolute atomic E-state index is 11.8. The van der Waals surface area contributed by atoms with Crippen molar-refractivity contribution < 1.29 is 24.9 Å². The Morgan fingerprint density at radius 1 is 1.04 bits per heavy atom. The van der Waals surface area contributed by atoms with Crippen LogP contribution in [0.3, 0.4) is 0 Å². The van der Waals surface area contributed by atoms with Gasteiger partial charge in [-0.1, -0.05) is 57.6 Å². The molecule has 4 atom stereocenters. The zero-order valence-electron chi connectivity index (χ0n) is 14.2. The number of hydrogen-bond donors (Lipinski definition) is 3. The molecule has 5 heteroatoms. The van der Waals surface area contributed by atoms with Gasteiger partial charge in [-0.2, -0.15) is 0 Å². The predicted molar refractivity (Wildman–Crippen MR) is 88.9 cm³/mol. The van der Waals surface area contributed by atoms with Crippen molar-refractivity contribution in [2.75, 3.05) is 0 Å². The summed E-state index contributed by atoms with van der Waals surface area (Å²) in [5, 5.41) is 29.4. The van der Waals surface area contributed by atoms with Crippen LogP contribution in [-0.2, 0) is 9.53 Å². The normalized spacial score (nSPS) is 29.3. The summed E-state index contributed by atoms with van der Waals surface area (Å²) in [5.41, 5.74) is 0. The highest BCUT2D eigenvalue weighted by Crippen LogP contribution is 2.18. The standard InChI is InChI=1S/C18H32O5/c1-2-3-4-5-6-7-8-9-15-13-17(21)16(20)11-10-14(19)12-18(22)23-15/h10-11,14-17,19-21H,2-9,12-13H2,1H3/t14-,15-,16+,17+/m1/s1. The molecule has 0 spiro atoms. The monoisotopic (exact) mass is 328 g/mol. The van der Waals surface area contributed by atoms with Crippen molar-refractivity contribution in [2.45, 2.75) is 95.5 Å². The van der Waals surface area contributed by atoms with Gasteiger partial charge >= 0.3 is 5.97 Å². The Morgan fingerprint density at radius 2 is 1.70 bits per heavy atom. The number of unbranched alkanes of at least 4 members (excludes halogenated alkanes) is 6. The van der Waals surface area contributed by atoms with Gasteiger partial charge in [-0.25, -0.2) is 0 Å². The van der Waals surface area contributed by atoms with E-state index >= 15 is 0 Å². The van der Waals surface area contributed by atoms with E-state index < -0.39 is 30.4 Å². The van der Waals surface area contributed by atoms with Crippen LogP contribution in [0.5, 0.6) is 0 Å². The van der Waals surface area contributed by atoms with Crippen LogP contribution in [0.1, 0.15) is 71.1 Å². The van der Waals surface area contributed by atoms with Crippen molar-refractivity contribution in [1.82, 2.24) is 0 Å². The van der Waals surface area contributed by atoms with E-state index in [2.05, 4.69) is 6.92 Å². The van der Waals surface area contributed by atoms with Crippen LogP contribution in [-0.4, -0.2) is 45.7 Å². The van der Waals surface area contributed by atoms with Crippen molar-refractivity contribution in [3.05, 3.63) is 12.2 Å². The van der Waals surface area contributed by atoms with Crippen LogP contribution >= 0.6 is 0 Å². The molecule has 3 N–H and O–H groups in total. The first-order chi connectivity index (χ1) is 11.0. The van der Waals surface area contributed by atoms with Gasteiger partial charge in [0, 0.05) is 6.42 Å². The average molecular weight is 328 g/mol. The molecule has 0 unspecified atom stereocenters. The van der Waals surface area contributed by atoms with E-state index in [9.17, 15) is 20.1 Å². The van der Waals surface area contributed by atoms with E-state index in [1.807, 2.05) is 0 Å². The molecule has 1 aliphatic rings. The molecular weight excluding hydrogens is 296 g/mol. The number of carbonyl (C=O) groups is 1. The second-order valence-electron chi connectivity index (χ2n) is 6.47. The summed E-state index contributed by atoms with van der Waals surface area (Å²) in [6.45, 7) is 2.19. The molecule has 1 rings (SSSR count). The second kappa shape index (κ2) is 11.6. The van der Waals surface area contributed by atoms with Crippen LogP contribution in [0.2, 0.25) is 0 Å². The molecule has 134 valence electrons. The summed E-state index contributed by atoms with van der Waals surface area (Å²) in [4.78, 5) is 11.8. The summed E-state index contributed by atoms with van der Waals surface area (Å²) in [5.74, 6) is -0.460. The summed E-state index contributed by atoms with van der Waals surface area (Å²) in [6.07, 6.45) is 8.25. The lowest BCUT2D eigenvalue weighted by atomic mass is 9.99. The molecule has 0 amide bonds. The SMILES string of the molecule is CCCCCCCCC[C@@H]1C[C@H](O)[C@@H](O)C=C[C@@H](O)CC(=O)O1. The Morgan fingerprint density at radius 3 is 2.39 bits per heavy atom. The lowest BCUT2D eigenvalue weighted by Gasteiger charge is -2.24. The topological polar surface area (TPSA) is 87.0 Å². The van der Waals surface area contributed by atoms with Crippen LogP contribution in [0.4, 0.5) is 0 Å². The molecule has 0 saturated heterocycles. The van der Waals surface area contributed by atoms with Crippen LogP contribution < -0.4 is 0 Å². The fraction of sp³-hybridized carbons (Fsp3) is 0.833. The fourth-order valence-electron chi connectivity index (χ4n) is 2.81. The summed E-state index contributed by atoms with van der Waals surface area (Å²) in [6, 6.07) is 0. The summed E-state index contributed by atoms with van der Waals surface area (Å²) >= 11 is 0. The molecule has 0 fully saturated rings. The molecule has 0 radical (unpaired) electrons. The quantitative estimate of drug-likeness (QED) is 0.362. The largest absolute Gasteiger partial charge is 0.462 e. The Labute approximate surface area is 139 Å². The summed E-state index contributed by atoms with van der Waals surface area (Å²) in [7, 11) is 0. The number of carbonyl (C=O) groups excluding carboxylic acids is 1. The molecule has 0 saturated carbocycles. The van der Waals surface area contributed by atoms with E-state index in [0.29, 0.717) is 6.42 Å². The maximum atomic E-state index is 11.8. The number of rotatable bonds is 8. The van der Waals surface area contributed by atoms with Crippen molar-refractivity contribution in [3.63, 3.8) is 0 Å². The van der Waals surface area contributed by atoms with Gasteiger partial charge in [-0.3, -0.25) is 4.79 Å². The minimum absolute atomic E-state index is 0.118. The highest BCUT2D eigenvalue weighted by Gasteiger charge is 2.24. The lowest BCUT2D eigenvalue weighted by Crippen LogP contribution is -2.33. The molecule has 0 bridgehead atoms. The van der Waals surface area contributed by atoms with E-state index in [1.165, 1.54) is 44.3 Å². The zero-order chi connectivity index (χ0) is 17.1. The van der Waals surface area contributed by atoms with Gasteiger partial charge in [0.2, 0.25) is 0 Å². The van der Waals surface area contributed by atoms with Gasteiger partial charge < -0.3 is 20.1 Å². The maximum Gasteiger partial charge on any atom is 0.309 e. The van der Waals surface area contributed by atoms with E-state index in [0.717, 1.165) is 12.8 Å². The Balaban J connectivity index is 2.39. The fourth-order valence-corrected chi connectivity index (χ4v) is 2.81. The number of aliphatic hydroxyl groups excluding tert-OH is 3. The van der Waals surface area contributed by atoms with Gasteiger partial charge in [-0.05, 0) is 12.8 Å². The molecule has 0 aromatic carbocycles. The minimum Gasteiger partial charge on any atom is -0.462 e. The number of cyclic esters (lactones) is 1. The van der Waals surface area contributed by atoms with Crippen molar-refractivity contribution in [2.24, 2.45) is 0 Å². The number of ether oxygens (including phenoxy) is 1. The third-order valence-corrected chi connectivity index (χ3v) is 4.23. The second-order valence-corrected chi connectivity index (χ2v) is 6.47. The highest BCUT2D eigenvalue weighted by molar-refractivity contribution is 5.70. The summed E-state index contributed by atoms with van der Waals surface area (Å²) < 4.78 is 5.36. The molecule has 0 aliphatic carbocycles. The van der Waals surface area contributed by atoms with E-state index in [4.69, 9.17) is 4.74 Å². The first kappa shape index (κ1) is 20.1. The lowest BCUT2D eigenvalue weighted by molar-refractivity contribution is -0.153. The molecule has 1 heterocycles. The smallest absolute Gasteiger partial charge is 0.309 e. The Kier molecular flexibility index (Phi) is 10.2. The molecule has 0 aromatic heterocycles. The van der Waals surface area contributed by atoms with E-state index in [1.54, 1.807) is 0 Å².